The summed E-state index contributed by atoms with van der Waals surface area (Å²) >= 11 is 1.29. The fraction of sp³-hybridized carbons (Fsp3) is 0.167. The van der Waals surface area contributed by atoms with Gasteiger partial charge in [-0.05, 0) is 29.5 Å². The van der Waals surface area contributed by atoms with Gasteiger partial charge in [-0.2, -0.15) is 0 Å². The molecule has 3 rings (SSSR count). The molecule has 1 aliphatic heterocycles. The maximum absolute atomic E-state index is 11.9. The average molecular weight is 326 g/mol. The van der Waals surface area contributed by atoms with E-state index in [0.29, 0.717) is 16.5 Å². The van der Waals surface area contributed by atoms with E-state index in [0.717, 1.165) is 23.1 Å². The molecule has 1 heterocycles. The first-order valence-corrected chi connectivity index (χ1v) is 8.18. The monoisotopic (exact) mass is 326 g/mol. The Hall–Kier alpha value is -2.40. The third-order valence-electron chi connectivity index (χ3n) is 3.59. The third kappa shape index (κ3) is 3.05. The number of ether oxygens (including phenoxy) is 1. The van der Waals surface area contributed by atoms with Gasteiger partial charge in [0.05, 0.1) is 11.1 Å². The third-order valence-corrected chi connectivity index (χ3v) is 4.43. The van der Waals surface area contributed by atoms with Gasteiger partial charge in [0.2, 0.25) is 0 Å². The van der Waals surface area contributed by atoms with Crippen LogP contribution in [0.3, 0.4) is 0 Å². The van der Waals surface area contributed by atoms with E-state index in [9.17, 15) is 14.4 Å². The summed E-state index contributed by atoms with van der Waals surface area (Å²) in [6, 6.07) is 8.86. The molecule has 0 radical (unpaired) electrons. The predicted molar refractivity (Wildman–Crippen MR) is 90.5 cm³/mol. The van der Waals surface area contributed by atoms with Crippen LogP contribution in [0, 0.1) is 0 Å². The second kappa shape index (κ2) is 6.38. The zero-order chi connectivity index (χ0) is 16.4. The van der Waals surface area contributed by atoms with Crippen LogP contribution in [0.5, 0.6) is 0 Å². The summed E-state index contributed by atoms with van der Waals surface area (Å²) in [4.78, 5) is 34.6. The van der Waals surface area contributed by atoms with Crippen molar-refractivity contribution in [3.05, 3.63) is 53.1 Å². The Morgan fingerprint density at radius 2 is 1.87 bits per heavy atom. The van der Waals surface area contributed by atoms with Crippen molar-refractivity contribution in [1.29, 1.82) is 0 Å². The summed E-state index contributed by atoms with van der Waals surface area (Å²) in [5.74, 6) is -0.475. The first-order chi connectivity index (χ1) is 11.1. The lowest BCUT2D eigenvalue weighted by atomic mass is 9.93. The van der Waals surface area contributed by atoms with Crippen LogP contribution in [0.1, 0.15) is 39.6 Å². The summed E-state index contributed by atoms with van der Waals surface area (Å²) in [6.07, 6.45) is 4.71. The predicted octanol–water partition coefficient (Wildman–Crippen LogP) is 3.83. The Bertz CT molecular complexity index is 831. The number of esters is 2. The minimum Gasteiger partial charge on any atom is -0.386 e. The minimum atomic E-state index is -0.605. The number of carbonyl (C=O) groups excluding carboxylic acids is 3. The average Bonchev–Trinajstić information content (AvgIpc) is 2.52. The highest BCUT2D eigenvalue weighted by atomic mass is 32.2. The van der Waals surface area contributed by atoms with Crippen LogP contribution in [0.25, 0.3) is 16.8 Å². The smallest absolute Gasteiger partial charge is 0.346 e. The molecule has 0 atom stereocenters. The van der Waals surface area contributed by atoms with Crippen LogP contribution in [0.4, 0.5) is 0 Å². The molecule has 0 aliphatic carbocycles. The molecule has 0 fully saturated rings. The van der Waals surface area contributed by atoms with Crippen molar-refractivity contribution < 1.29 is 19.1 Å². The van der Waals surface area contributed by atoms with E-state index in [1.54, 1.807) is 25.1 Å². The molecule has 0 bridgehead atoms. The highest BCUT2D eigenvalue weighted by Gasteiger charge is 2.27. The molecule has 0 N–H and O–H groups in total. The molecule has 0 spiro atoms. The maximum Gasteiger partial charge on any atom is 0.346 e. The number of cyclic esters (lactones) is 2. The quantitative estimate of drug-likeness (QED) is 0.485. The van der Waals surface area contributed by atoms with Crippen LogP contribution in [0.2, 0.25) is 0 Å². The van der Waals surface area contributed by atoms with E-state index in [1.165, 1.54) is 11.8 Å². The molecular formula is C18H14O4S. The fourth-order valence-electron chi connectivity index (χ4n) is 2.59. The topological polar surface area (TPSA) is 60.4 Å². The SMILES string of the molecule is CC(=O)SCCC=Cc1ccc2c3c(cccc13)C(=O)OC2=O. The number of carbonyl (C=O) groups is 3. The van der Waals surface area contributed by atoms with Gasteiger partial charge in [0, 0.05) is 18.1 Å². The van der Waals surface area contributed by atoms with E-state index in [1.807, 2.05) is 24.3 Å². The van der Waals surface area contributed by atoms with Gasteiger partial charge in [-0.1, -0.05) is 42.1 Å². The molecule has 4 nitrogen and oxygen atoms in total. The van der Waals surface area contributed by atoms with Gasteiger partial charge in [-0.15, -0.1) is 0 Å². The number of thioether (sulfide) groups is 1. The Kier molecular flexibility index (Phi) is 4.30. The van der Waals surface area contributed by atoms with Gasteiger partial charge in [0.1, 0.15) is 0 Å². The molecule has 23 heavy (non-hydrogen) atoms. The lowest BCUT2D eigenvalue weighted by Gasteiger charge is -2.16. The number of allylic oxidation sites excluding steroid dienone is 1. The lowest BCUT2D eigenvalue weighted by Crippen LogP contribution is -2.19. The highest BCUT2D eigenvalue weighted by Crippen LogP contribution is 2.31. The van der Waals surface area contributed by atoms with E-state index in [4.69, 9.17) is 4.74 Å². The van der Waals surface area contributed by atoms with E-state index in [-0.39, 0.29) is 5.12 Å². The zero-order valence-corrected chi connectivity index (χ0v) is 13.3. The van der Waals surface area contributed by atoms with E-state index in [2.05, 4.69) is 0 Å². The minimum absolute atomic E-state index is 0.108. The molecular weight excluding hydrogens is 312 g/mol. The van der Waals surface area contributed by atoms with Crippen molar-refractivity contribution >= 4 is 45.7 Å². The van der Waals surface area contributed by atoms with Crippen LogP contribution in [-0.4, -0.2) is 22.8 Å². The summed E-state index contributed by atoms with van der Waals surface area (Å²) in [5.41, 5.74) is 1.76. The molecule has 0 saturated carbocycles. The van der Waals surface area contributed by atoms with Gasteiger partial charge >= 0.3 is 11.9 Å². The van der Waals surface area contributed by atoms with Crippen molar-refractivity contribution in [3.8, 4) is 0 Å². The Morgan fingerprint density at radius 3 is 2.61 bits per heavy atom. The molecule has 5 heteroatoms. The van der Waals surface area contributed by atoms with Gasteiger partial charge in [0.15, 0.2) is 5.12 Å². The van der Waals surface area contributed by atoms with Gasteiger partial charge in [-0.25, -0.2) is 9.59 Å². The number of rotatable bonds is 4. The molecule has 1 aliphatic rings. The highest BCUT2D eigenvalue weighted by molar-refractivity contribution is 8.13. The first kappa shape index (κ1) is 15.5. The Labute approximate surface area is 137 Å². The van der Waals surface area contributed by atoms with Crippen LogP contribution < -0.4 is 0 Å². The Morgan fingerprint density at radius 1 is 1.13 bits per heavy atom. The molecule has 116 valence electrons. The molecule has 0 aromatic heterocycles. The van der Waals surface area contributed by atoms with Crippen molar-refractivity contribution in [2.24, 2.45) is 0 Å². The summed E-state index contributed by atoms with van der Waals surface area (Å²) in [7, 11) is 0. The normalized spacial score (nSPS) is 13.6. The molecule has 2 aromatic carbocycles. The van der Waals surface area contributed by atoms with Gasteiger partial charge in [-0.3, -0.25) is 4.79 Å². The number of benzene rings is 2. The van der Waals surface area contributed by atoms with Crippen LogP contribution >= 0.6 is 11.8 Å². The number of hydrogen-bond acceptors (Lipinski definition) is 5. The van der Waals surface area contributed by atoms with Gasteiger partial charge in [0.25, 0.3) is 0 Å². The summed E-state index contributed by atoms with van der Waals surface area (Å²) in [5, 5.41) is 1.60. The fourth-order valence-corrected chi connectivity index (χ4v) is 3.13. The van der Waals surface area contributed by atoms with Crippen molar-refractivity contribution in [3.63, 3.8) is 0 Å². The maximum atomic E-state index is 11.9. The first-order valence-electron chi connectivity index (χ1n) is 7.20. The molecule has 0 saturated heterocycles. The van der Waals surface area contributed by atoms with E-state index < -0.39 is 11.9 Å². The van der Waals surface area contributed by atoms with Crippen molar-refractivity contribution in [2.75, 3.05) is 5.75 Å². The van der Waals surface area contributed by atoms with Crippen LogP contribution in [0.15, 0.2) is 36.4 Å². The second-order valence-electron chi connectivity index (χ2n) is 5.14. The summed E-state index contributed by atoms with van der Waals surface area (Å²) < 4.78 is 4.75. The molecule has 0 amide bonds. The second-order valence-corrected chi connectivity index (χ2v) is 6.41. The molecule has 2 aromatic rings. The Balaban J connectivity index is 1.97. The van der Waals surface area contributed by atoms with Gasteiger partial charge < -0.3 is 4.74 Å². The zero-order valence-electron chi connectivity index (χ0n) is 12.5. The standard InChI is InChI=1S/C18H14O4S/c1-11(19)23-10-3-2-5-12-8-9-15-16-13(12)6-4-7-14(16)17(20)22-18(15)21/h2,4-9H,3,10H2,1H3. The summed E-state index contributed by atoms with van der Waals surface area (Å²) in [6.45, 7) is 1.55. The van der Waals surface area contributed by atoms with Crippen molar-refractivity contribution in [1.82, 2.24) is 0 Å². The molecule has 0 unspecified atom stereocenters. The largest absolute Gasteiger partial charge is 0.386 e. The number of hydrogen-bond donors (Lipinski definition) is 0. The van der Waals surface area contributed by atoms with Crippen molar-refractivity contribution in [2.45, 2.75) is 13.3 Å². The van der Waals surface area contributed by atoms with E-state index >= 15 is 0 Å². The van der Waals surface area contributed by atoms with Crippen LogP contribution in [-0.2, 0) is 9.53 Å². The lowest BCUT2D eigenvalue weighted by molar-refractivity contribution is -0.109.